The van der Waals surface area contributed by atoms with Gasteiger partial charge in [-0.15, -0.1) is 0 Å². The third-order valence-corrected chi connectivity index (χ3v) is 3.32. The molecule has 2 N–H and O–H groups in total. The molecule has 15 heavy (non-hydrogen) atoms. The Labute approximate surface area is 91.6 Å². The van der Waals surface area contributed by atoms with E-state index in [9.17, 15) is 0 Å². The summed E-state index contributed by atoms with van der Waals surface area (Å²) in [5.41, 5.74) is 0. The third kappa shape index (κ3) is 3.41. The summed E-state index contributed by atoms with van der Waals surface area (Å²) in [7, 11) is 0. The van der Waals surface area contributed by atoms with Crippen molar-refractivity contribution < 1.29 is 9.84 Å². The minimum absolute atomic E-state index is 0.0299. The van der Waals surface area contributed by atoms with Crippen LogP contribution in [0.3, 0.4) is 0 Å². The summed E-state index contributed by atoms with van der Waals surface area (Å²) >= 11 is 0. The predicted octanol–water partition coefficient (Wildman–Crippen LogP) is -0.178. The number of aliphatic hydroxyl groups excluding tert-OH is 1. The van der Waals surface area contributed by atoms with Gasteiger partial charge in [0, 0.05) is 25.7 Å². The molecular formula is C11H22N2O2. The van der Waals surface area contributed by atoms with Crippen molar-refractivity contribution in [1.82, 2.24) is 10.2 Å². The molecule has 0 aromatic rings. The number of morpholine rings is 1. The van der Waals surface area contributed by atoms with E-state index in [4.69, 9.17) is 9.84 Å². The van der Waals surface area contributed by atoms with Gasteiger partial charge in [0.15, 0.2) is 0 Å². The van der Waals surface area contributed by atoms with Crippen molar-refractivity contribution in [2.75, 3.05) is 39.4 Å². The molecule has 4 nitrogen and oxygen atoms in total. The second kappa shape index (κ2) is 5.80. The Hall–Kier alpha value is -0.160. The van der Waals surface area contributed by atoms with Crippen LogP contribution in [-0.4, -0.2) is 61.5 Å². The Morgan fingerprint density at radius 1 is 1.40 bits per heavy atom. The molecule has 2 aliphatic heterocycles. The lowest BCUT2D eigenvalue weighted by Crippen LogP contribution is -2.50. The van der Waals surface area contributed by atoms with Crippen LogP contribution in [0.2, 0.25) is 0 Å². The molecule has 2 unspecified atom stereocenters. The summed E-state index contributed by atoms with van der Waals surface area (Å²) in [6.07, 6.45) is 3.99. The first kappa shape index (κ1) is 11.3. The van der Waals surface area contributed by atoms with Crippen LogP contribution in [0.15, 0.2) is 0 Å². The second-order valence-electron chi connectivity index (χ2n) is 4.58. The first-order chi connectivity index (χ1) is 7.38. The zero-order valence-corrected chi connectivity index (χ0v) is 9.32. The number of piperidine rings is 1. The van der Waals surface area contributed by atoms with Gasteiger partial charge in [0.1, 0.15) is 0 Å². The van der Waals surface area contributed by atoms with E-state index in [2.05, 4.69) is 10.2 Å². The normalized spacial score (nSPS) is 34.2. The van der Waals surface area contributed by atoms with Gasteiger partial charge in [-0.25, -0.2) is 0 Å². The summed E-state index contributed by atoms with van der Waals surface area (Å²) in [4.78, 5) is 2.41. The maximum atomic E-state index is 9.05. The van der Waals surface area contributed by atoms with Gasteiger partial charge in [-0.3, -0.25) is 4.90 Å². The van der Waals surface area contributed by atoms with Crippen LogP contribution in [0.25, 0.3) is 0 Å². The zero-order chi connectivity index (χ0) is 10.5. The Balaban J connectivity index is 1.72. The van der Waals surface area contributed by atoms with E-state index in [0.717, 1.165) is 26.2 Å². The van der Waals surface area contributed by atoms with Crippen LogP contribution >= 0.6 is 0 Å². The molecule has 0 bridgehead atoms. The molecule has 2 fully saturated rings. The number of ether oxygens (including phenoxy) is 1. The van der Waals surface area contributed by atoms with E-state index in [1.165, 1.54) is 25.8 Å². The molecule has 2 rings (SSSR count). The fourth-order valence-corrected chi connectivity index (χ4v) is 2.45. The van der Waals surface area contributed by atoms with Crippen LogP contribution in [0, 0.1) is 0 Å². The number of nitrogens with zero attached hydrogens (tertiary/aromatic N) is 1. The van der Waals surface area contributed by atoms with Crippen molar-refractivity contribution >= 4 is 0 Å². The summed E-state index contributed by atoms with van der Waals surface area (Å²) in [5, 5.41) is 12.6. The van der Waals surface area contributed by atoms with Gasteiger partial charge in [-0.05, 0) is 19.4 Å². The van der Waals surface area contributed by atoms with Gasteiger partial charge in [0.2, 0.25) is 0 Å². The summed E-state index contributed by atoms with van der Waals surface area (Å²) < 4.78 is 5.43. The summed E-state index contributed by atoms with van der Waals surface area (Å²) in [5.74, 6) is 0. The molecule has 88 valence electrons. The van der Waals surface area contributed by atoms with E-state index in [0.29, 0.717) is 6.04 Å². The highest BCUT2D eigenvalue weighted by atomic mass is 16.5. The third-order valence-electron chi connectivity index (χ3n) is 3.32. The molecule has 0 radical (unpaired) electrons. The lowest BCUT2D eigenvalue weighted by atomic mass is 10.0. The molecule has 0 aromatic carbocycles. The summed E-state index contributed by atoms with van der Waals surface area (Å²) in [6, 6.07) is 0.649. The average Bonchev–Trinajstić information content (AvgIpc) is 2.31. The fourth-order valence-electron chi connectivity index (χ4n) is 2.45. The van der Waals surface area contributed by atoms with Crippen LogP contribution in [-0.2, 0) is 4.74 Å². The van der Waals surface area contributed by atoms with E-state index >= 15 is 0 Å². The Kier molecular flexibility index (Phi) is 4.38. The molecule has 4 heteroatoms. The van der Waals surface area contributed by atoms with Gasteiger partial charge in [0.05, 0.1) is 19.3 Å². The maximum Gasteiger partial charge on any atom is 0.0932 e. The highest BCUT2D eigenvalue weighted by Crippen LogP contribution is 2.11. The molecule has 2 aliphatic rings. The molecule has 2 heterocycles. The minimum atomic E-state index is 0.0299. The van der Waals surface area contributed by atoms with Crippen LogP contribution in [0.1, 0.15) is 19.3 Å². The smallest absolute Gasteiger partial charge is 0.0932 e. The zero-order valence-electron chi connectivity index (χ0n) is 9.32. The highest BCUT2D eigenvalue weighted by Gasteiger charge is 2.22. The highest BCUT2D eigenvalue weighted by molar-refractivity contribution is 4.79. The van der Waals surface area contributed by atoms with Gasteiger partial charge >= 0.3 is 0 Å². The van der Waals surface area contributed by atoms with Crippen molar-refractivity contribution in [3.8, 4) is 0 Å². The first-order valence-corrected chi connectivity index (χ1v) is 6.06. The first-order valence-electron chi connectivity index (χ1n) is 6.06. The maximum absolute atomic E-state index is 9.05. The van der Waals surface area contributed by atoms with Crippen molar-refractivity contribution in [3.63, 3.8) is 0 Å². The van der Waals surface area contributed by atoms with Crippen LogP contribution < -0.4 is 5.32 Å². The van der Waals surface area contributed by atoms with E-state index < -0.39 is 0 Å². The molecule has 2 saturated heterocycles. The summed E-state index contributed by atoms with van der Waals surface area (Å²) in [6.45, 7) is 5.08. The van der Waals surface area contributed by atoms with E-state index in [1.807, 2.05) is 0 Å². The predicted molar refractivity (Wildman–Crippen MR) is 58.9 cm³/mol. The molecule has 0 amide bonds. The topological polar surface area (TPSA) is 44.7 Å². The van der Waals surface area contributed by atoms with Crippen LogP contribution in [0.4, 0.5) is 0 Å². The Morgan fingerprint density at radius 3 is 3.07 bits per heavy atom. The Bertz CT molecular complexity index is 183. The van der Waals surface area contributed by atoms with Crippen molar-refractivity contribution in [3.05, 3.63) is 0 Å². The van der Waals surface area contributed by atoms with Gasteiger partial charge in [-0.1, -0.05) is 6.42 Å². The quantitative estimate of drug-likeness (QED) is 0.684. The van der Waals surface area contributed by atoms with Crippen molar-refractivity contribution in [2.24, 2.45) is 0 Å². The largest absolute Gasteiger partial charge is 0.394 e. The lowest BCUT2D eigenvalue weighted by molar-refractivity contribution is -0.0551. The lowest BCUT2D eigenvalue weighted by Gasteiger charge is -2.35. The molecule has 0 aliphatic carbocycles. The van der Waals surface area contributed by atoms with Gasteiger partial charge in [-0.2, -0.15) is 0 Å². The molecule has 0 aromatic heterocycles. The second-order valence-corrected chi connectivity index (χ2v) is 4.58. The minimum Gasteiger partial charge on any atom is -0.394 e. The number of hydrogen-bond donors (Lipinski definition) is 2. The monoisotopic (exact) mass is 214 g/mol. The number of rotatable bonds is 3. The van der Waals surface area contributed by atoms with E-state index in [1.54, 1.807) is 0 Å². The fraction of sp³-hybridized carbons (Fsp3) is 1.00. The standard InChI is InChI=1S/C11H22N2O2/c14-9-11-8-13(5-6-15-11)7-10-3-1-2-4-12-10/h10-12,14H,1-9H2. The molecule has 0 saturated carbocycles. The molecular weight excluding hydrogens is 192 g/mol. The number of hydrogen-bond acceptors (Lipinski definition) is 4. The number of nitrogens with one attached hydrogen (secondary N) is 1. The molecule has 0 spiro atoms. The van der Waals surface area contributed by atoms with Crippen molar-refractivity contribution in [2.45, 2.75) is 31.4 Å². The van der Waals surface area contributed by atoms with Gasteiger partial charge in [0.25, 0.3) is 0 Å². The SMILES string of the molecule is OCC1CN(CC2CCCCN2)CCO1. The van der Waals surface area contributed by atoms with Crippen LogP contribution in [0.5, 0.6) is 0 Å². The average molecular weight is 214 g/mol. The molecule has 2 atom stereocenters. The van der Waals surface area contributed by atoms with Crippen molar-refractivity contribution in [1.29, 1.82) is 0 Å². The number of aliphatic hydroxyl groups is 1. The van der Waals surface area contributed by atoms with Gasteiger partial charge < -0.3 is 15.2 Å². The van der Waals surface area contributed by atoms with E-state index in [-0.39, 0.29) is 12.7 Å². The Morgan fingerprint density at radius 2 is 2.33 bits per heavy atom.